The molecule has 1 unspecified atom stereocenters. The van der Waals surface area contributed by atoms with E-state index in [0.717, 1.165) is 11.0 Å². The van der Waals surface area contributed by atoms with Gasteiger partial charge in [0.25, 0.3) is 0 Å². The van der Waals surface area contributed by atoms with Gasteiger partial charge in [0.1, 0.15) is 18.1 Å². The Labute approximate surface area is 146 Å². The van der Waals surface area contributed by atoms with Crippen LogP contribution < -0.4 is 9.62 Å². The van der Waals surface area contributed by atoms with Gasteiger partial charge in [-0.25, -0.2) is 13.1 Å². The van der Waals surface area contributed by atoms with Gasteiger partial charge in [-0.15, -0.1) is 0 Å². The third-order valence-electron chi connectivity index (χ3n) is 3.86. The Balaban J connectivity index is 1.77. The minimum absolute atomic E-state index is 0.0247. The molecule has 1 fully saturated rings. The summed E-state index contributed by atoms with van der Waals surface area (Å²) >= 11 is 0. The van der Waals surface area contributed by atoms with Crippen molar-refractivity contribution in [3.63, 3.8) is 0 Å². The topological polar surface area (TPSA) is 92.5 Å². The van der Waals surface area contributed by atoms with Crippen LogP contribution in [0.15, 0.2) is 41.1 Å². The van der Waals surface area contributed by atoms with Crippen LogP contribution in [0.2, 0.25) is 0 Å². The zero-order chi connectivity index (χ0) is 18.9. The highest BCUT2D eigenvalue weighted by atomic mass is 32.2. The summed E-state index contributed by atoms with van der Waals surface area (Å²) in [5.41, 5.74) is -1.08. The average Bonchev–Trinajstić information content (AvgIpc) is 3.17. The van der Waals surface area contributed by atoms with Crippen molar-refractivity contribution in [2.45, 2.75) is 24.4 Å². The molecule has 0 aliphatic carbocycles. The number of halogens is 3. The first kappa shape index (κ1) is 18.4. The summed E-state index contributed by atoms with van der Waals surface area (Å²) in [6.07, 6.45) is -3.36. The molecule has 1 aromatic carbocycles. The second-order valence-electron chi connectivity index (χ2n) is 5.71. The largest absolute Gasteiger partial charge is 0.418 e. The summed E-state index contributed by atoms with van der Waals surface area (Å²) in [6.45, 7) is -0.0247. The molecule has 1 aromatic heterocycles. The third-order valence-corrected chi connectivity index (χ3v) is 5.18. The van der Waals surface area contributed by atoms with E-state index in [1.807, 2.05) is 0 Å². The lowest BCUT2D eigenvalue weighted by Crippen LogP contribution is -2.42. The Bertz CT molecular complexity index is 897. The van der Waals surface area contributed by atoms with E-state index in [4.69, 9.17) is 0 Å². The fourth-order valence-electron chi connectivity index (χ4n) is 2.74. The second-order valence-corrected chi connectivity index (χ2v) is 7.47. The molecule has 1 saturated heterocycles. The monoisotopic (exact) mass is 389 g/mol. The smallest absolute Gasteiger partial charge is 0.364 e. The van der Waals surface area contributed by atoms with Crippen LogP contribution in [0, 0.1) is 0 Å². The van der Waals surface area contributed by atoms with E-state index in [-0.39, 0.29) is 24.3 Å². The van der Waals surface area contributed by atoms with Crippen molar-refractivity contribution >= 4 is 21.6 Å². The van der Waals surface area contributed by atoms with Crippen molar-refractivity contribution in [1.82, 2.24) is 9.88 Å². The van der Waals surface area contributed by atoms with E-state index in [0.29, 0.717) is 0 Å². The first-order valence-electron chi connectivity index (χ1n) is 7.54. The number of carbonyl (C=O) groups excluding carboxylic acids is 1. The number of hydrogen-bond acceptors (Lipinski definition) is 5. The number of benzene rings is 1. The predicted octanol–water partition coefficient (Wildman–Crippen LogP) is 1.92. The van der Waals surface area contributed by atoms with Crippen LogP contribution in [0.3, 0.4) is 0 Å². The minimum Gasteiger partial charge on any atom is -0.364 e. The predicted molar refractivity (Wildman–Crippen MR) is 84.5 cm³/mol. The van der Waals surface area contributed by atoms with Gasteiger partial charge in [-0.05, 0) is 18.6 Å². The van der Waals surface area contributed by atoms with Gasteiger partial charge in [0, 0.05) is 12.6 Å². The molecular weight excluding hydrogens is 375 g/mol. The van der Waals surface area contributed by atoms with E-state index < -0.39 is 39.5 Å². The highest BCUT2D eigenvalue weighted by Crippen LogP contribution is 2.37. The van der Waals surface area contributed by atoms with Crippen LogP contribution in [0.4, 0.5) is 18.9 Å². The molecule has 1 aliphatic rings. The molecule has 3 rings (SSSR count). The maximum absolute atomic E-state index is 13.1. The molecule has 2 heterocycles. The van der Waals surface area contributed by atoms with Crippen LogP contribution in [0.1, 0.15) is 17.7 Å². The van der Waals surface area contributed by atoms with Gasteiger partial charge < -0.3 is 9.42 Å². The first-order chi connectivity index (χ1) is 12.2. The number of aromatic nitrogens is 1. The fourth-order valence-corrected chi connectivity index (χ4v) is 4.02. The number of sulfonamides is 1. The standard InChI is InChI=1S/C15H14F3N3O4S/c16-15(17,18)11-3-1-2-4-13(11)21-7-5-12(14(21)22)20-26(23,24)9-10-6-8-25-19-10/h1-4,6,8,12,20H,5,7,9H2. The van der Waals surface area contributed by atoms with Crippen molar-refractivity contribution in [2.75, 3.05) is 11.4 Å². The molecular formula is C15H14F3N3O4S. The number of nitrogens with zero attached hydrogens (tertiary/aromatic N) is 2. The molecule has 0 radical (unpaired) electrons. The Morgan fingerprint density at radius 3 is 2.65 bits per heavy atom. The minimum atomic E-state index is -4.62. The SMILES string of the molecule is O=C1C(NS(=O)(=O)Cc2ccon2)CCN1c1ccccc1C(F)(F)F. The molecule has 1 atom stereocenters. The molecule has 2 aromatic rings. The van der Waals surface area contributed by atoms with Gasteiger partial charge in [0.05, 0.1) is 16.9 Å². The second kappa shape index (κ2) is 6.72. The van der Waals surface area contributed by atoms with Crippen LogP contribution in [0.5, 0.6) is 0 Å². The zero-order valence-electron chi connectivity index (χ0n) is 13.2. The van der Waals surface area contributed by atoms with E-state index >= 15 is 0 Å². The number of amides is 1. The van der Waals surface area contributed by atoms with Gasteiger partial charge >= 0.3 is 6.18 Å². The molecule has 1 amide bonds. The molecule has 0 spiro atoms. The maximum Gasteiger partial charge on any atom is 0.418 e. The average molecular weight is 389 g/mol. The van der Waals surface area contributed by atoms with Crippen LogP contribution in [0.25, 0.3) is 0 Å². The molecule has 0 saturated carbocycles. The summed E-state index contributed by atoms with van der Waals surface area (Å²) in [4.78, 5) is 13.4. The quantitative estimate of drug-likeness (QED) is 0.844. The highest BCUT2D eigenvalue weighted by molar-refractivity contribution is 7.88. The van der Waals surface area contributed by atoms with Gasteiger partial charge in [0.2, 0.25) is 15.9 Å². The normalized spacial score (nSPS) is 18.5. The number of para-hydroxylation sites is 1. The molecule has 1 aliphatic heterocycles. The Morgan fingerprint density at radius 1 is 1.27 bits per heavy atom. The molecule has 26 heavy (non-hydrogen) atoms. The van der Waals surface area contributed by atoms with Crippen LogP contribution >= 0.6 is 0 Å². The summed E-state index contributed by atoms with van der Waals surface area (Å²) in [7, 11) is -3.91. The molecule has 1 N–H and O–H groups in total. The van der Waals surface area contributed by atoms with E-state index in [1.54, 1.807) is 0 Å². The molecule has 7 nitrogen and oxygen atoms in total. The summed E-state index contributed by atoms with van der Waals surface area (Å²) in [5.74, 6) is -1.22. The summed E-state index contributed by atoms with van der Waals surface area (Å²) < 4.78 is 70.4. The van der Waals surface area contributed by atoms with Crippen molar-refractivity contribution < 1.29 is 30.9 Å². The lowest BCUT2D eigenvalue weighted by atomic mass is 10.1. The van der Waals surface area contributed by atoms with Crippen molar-refractivity contribution in [3.8, 4) is 0 Å². The summed E-state index contributed by atoms with van der Waals surface area (Å²) in [5, 5.41) is 3.48. The van der Waals surface area contributed by atoms with Crippen molar-refractivity contribution in [2.24, 2.45) is 0 Å². The van der Waals surface area contributed by atoms with Gasteiger partial charge in [0.15, 0.2) is 0 Å². The van der Waals surface area contributed by atoms with Crippen molar-refractivity contribution in [3.05, 3.63) is 47.9 Å². The zero-order valence-corrected chi connectivity index (χ0v) is 14.0. The molecule has 0 bridgehead atoms. The van der Waals surface area contributed by atoms with E-state index in [9.17, 15) is 26.4 Å². The Hall–Kier alpha value is -2.40. The van der Waals surface area contributed by atoms with Gasteiger partial charge in [-0.1, -0.05) is 17.3 Å². The third kappa shape index (κ3) is 3.88. The summed E-state index contributed by atoms with van der Waals surface area (Å²) in [6, 6.07) is 4.91. The highest BCUT2D eigenvalue weighted by Gasteiger charge is 2.40. The van der Waals surface area contributed by atoms with Crippen LogP contribution in [-0.4, -0.2) is 32.1 Å². The number of nitrogens with one attached hydrogen (secondary N) is 1. The van der Waals surface area contributed by atoms with E-state index in [2.05, 4.69) is 14.4 Å². The number of anilines is 1. The molecule has 11 heteroatoms. The van der Waals surface area contributed by atoms with E-state index in [1.165, 1.54) is 30.5 Å². The lowest BCUT2D eigenvalue weighted by Gasteiger charge is -2.21. The number of carbonyl (C=O) groups is 1. The first-order valence-corrected chi connectivity index (χ1v) is 9.19. The Kier molecular flexibility index (Phi) is 4.76. The number of hydrogen-bond donors (Lipinski definition) is 1. The van der Waals surface area contributed by atoms with Crippen molar-refractivity contribution in [1.29, 1.82) is 0 Å². The fraction of sp³-hybridized carbons (Fsp3) is 0.333. The lowest BCUT2D eigenvalue weighted by molar-refractivity contribution is -0.137. The van der Waals surface area contributed by atoms with Crippen LogP contribution in [-0.2, 0) is 26.7 Å². The van der Waals surface area contributed by atoms with Gasteiger partial charge in [-0.2, -0.15) is 13.2 Å². The maximum atomic E-state index is 13.1. The molecule has 140 valence electrons. The van der Waals surface area contributed by atoms with Gasteiger partial charge in [-0.3, -0.25) is 4.79 Å². The number of alkyl halides is 3. The Morgan fingerprint density at radius 2 is 2.00 bits per heavy atom. The number of rotatable bonds is 5.